The van der Waals surface area contributed by atoms with Crippen LogP contribution in [0.3, 0.4) is 0 Å². The SMILES string of the molecule is COc1ncccc1C(=O)Nc1nc(-c2cc(C)n(C)c2C)cs1. The fourth-order valence-electron chi connectivity index (χ4n) is 2.46. The van der Waals surface area contributed by atoms with Crippen molar-refractivity contribution in [3.63, 3.8) is 0 Å². The van der Waals surface area contributed by atoms with Crippen molar-refractivity contribution in [1.82, 2.24) is 14.5 Å². The predicted octanol–water partition coefficient (Wildman–Crippen LogP) is 3.42. The zero-order valence-electron chi connectivity index (χ0n) is 14.0. The van der Waals surface area contributed by atoms with Crippen molar-refractivity contribution in [3.8, 4) is 17.1 Å². The molecule has 0 bridgehead atoms. The molecule has 0 aliphatic heterocycles. The van der Waals surface area contributed by atoms with E-state index in [0.717, 1.165) is 17.0 Å². The average Bonchev–Trinajstić information content (AvgIpc) is 3.15. The quantitative estimate of drug-likeness (QED) is 0.789. The summed E-state index contributed by atoms with van der Waals surface area (Å²) in [6, 6.07) is 5.46. The molecule has 0 aliphatic carbocycles. The van der Waals surface area contributed by atoms with Gasteiger partial charge in [0.2, 0.25) is 5.88 Å². The Morgan fingerprint density at radius 3 is 2.83 bits per heavy atom. The molecule has 0 saturated carbocycles. The van der Waals surface area contributed by atoms with E-state index in [4.69, 9.17) is 4.74 Å². The van der Waals surface area contributed by atoms with Crippen LogP contribution in [0.1, 0.15) is 21.7 Å². The highest BCUT2D eigenvalue weighted by molar-refractivity contribution is 7.14. The van der Waals surface area contributed by atoms with Crippen LogP contribution in [0.5, 0.6) is 5.88 Å². The molecule has 0 aromatic carbocycles. The van der Waals surface area contributed by atoms with Gasteiger partial charge in [-0.1, -0.05) is 0 Å². The van der Waals surface area contributed by atoms with E-state index in [1.54, 1.807) is 18.3 Å². The van der Waals surface area contributed by atoms with Crippen LogP contribution in [0.4, 0.5) is 5.13 Å². The van der Waals surface area contributed by atoms with E-state index in [2.05, 4.69) is 39.8 Å². The van der Waals surface area contributed by atoms with Gasteiger partial charge in [-0.3, -0.25) is 10.1 Å². The van der Waals surface area contributed by atoms with Crippen LogP contribution in [-0.2, 0) is 7.05 Å². The number of aryl methyl sites for hydroxylation is 1. The lowest BCUT2D eigenvalue weighted by molar-refractivity contribution is 0.102. The summed E-state index contributed by atoms with van der Waals surface area (Å²) in [6.45, 7) is 4.11. The Hall–Kier alpha value is -2.67. The third kappa shape index (κ3) is 2.90. The molecule has 3 rings (SSSR count). The van der Waals surface area contributed by atoms with Crippen molar-refractivity contribution in [1.29, 1.82) is 0 Å². The minimum Gasteiger partial charge on any atom is -0.480 e. The van der Waals surface area contributed by atoms with Gasteiger partial charge in [-0.2, -0.15) is 0 Å². The second-order valence-corrected chi connectivity index (χ2v) is 6.25. The number of hydrogen-bond acceptors (Lipinski definition) is 5. The number of nitrogens with one attached hydrogen (secondary N) is 1. The first-order valence-electron chi connectivity index (χ1n) is 7.40. The lowest BCUT2D eigenvalue weighted by Gasteiger charge is -2.05. The van der Waals surface area contributed by atoms with Gasteiger partial charge < -0.3 is 9.30 Å². The number of hydrogen-bond donors (Lipinski definition) is 1. The number of amides is 1. The maximum Gasteiger partial charge on any atom is 0.262 e. The Bertz CT molecular complexity index is 898. The average molecular weight is 342 g/mol. The molecule has 3 aromatic heterocycles. The monoisotopic (exact) mass is 342 g/mol. The van der Waals surface area contributed by atoms with E-state index < -0.39 is 0 Å². The van der Waals surface area contributed by atoms with Crippen LogP contribution >= 0.6 is 11.3 Å². The molecule has 0 aliphatic rings. The molecule has 0 unspecified atom stereocenters. The summed E-state index contributed by atoms with van der Waals surface area (Å²) < 4.78 is 7.24. The molecule has 0 spiro atoms. The molecule has 24 heavy (non-hydrogen) atoms. The maximum atomic E-state index is 12.4. The zero-order chi connectivity index (χ0) is 17.3. The largest absolute Gasteiger partial charge is 0.480 e. The summed E-state index contributed by atoms with van der Waals surface area (Å²) in [5.74, 6) is 0.00289. The number of carbonyl (C=O) groups is 1. The van der Waals surface area contributed by atoms with Crippen molar-refractivity contribution in [2.24, 2.45) is 7.05 Å². The highest BCUT2D eigenvalue weighted by Gasteiger charge is 2.16. The van der Waals surface area contributed by atoms with Crippen molar-refractivity contribution in [3.05, 3.63) is 46.7 Å². The Morgan fingerprint density at radius 2 is 2.17 bits per heavy atom. The number of pyridine rings is 1. The zero-order valence-corrected chi connectivity index (χ0v) is 14.8. The van der Waals surface area contributed by atoms with Crippen molar-refractivity contribution < 1.29 is 9.53 Å². The molecule has 3 heterocycles. The third-order valence-corrected chi connectivity index (χ3v) is 4.74. The molecule has 6 nitrogen and oxygen atoms in total. The second-order valence-electron chi connectivity index (χ2n) is 5.40. The highest BCUT2D eigenvalue weighted by atomic mass is 32.1. The van der Waals surface area contributed by atoms with E-state index in [1.807, 2.05) is 12.4 Å². The molecule has 3 aromatic rings. The van der Waals surface area contributed by atoms with Crippen LogP contribution in [0.25, 0.3) is 11.3 Å². The molecular weight excluding hydrogens is 324 g/mol. The minimum absolute atomic E-state index is 0.290. The molecule has 124 valence electrons. The van der Waals surface area contributed by atoms with Crippen molar-refractivity contribution >= 4 is 22.4 Å². The van der Waals surface area contributed by atoms with Gasteiger partial charge in [0.1, 0.15) is 5.56 Å². The molecule has 0 saturated heterocycles. The third-order valence-electron chi connectivity index (χ3n) is 3.98. The smallest absolute Gasteiger partial charge is 0.262 e. The fraction of sp³-hybridized carbons (Fsp3) is 0.235. The topological polar surface area (TPSA) is 69.0 Å². The van der Waals surface area contributed by atoms with Gasteiger partial charge in [-0.15, -0.1) is 11.3 Å². The van der Waals surface area contributed by atoms with Crippen molar-refractivity contribution in [2.75, 3.05) is 12.4 Å². The van der Waals surface area contributed by atoms with E-state index in [1.165, 1.54) is 24.1 Å². The van der Waals surface area contributed by atoms with Gasteiger partial charge in [-0.25, -0.2) is 9.97 Å². The van der Waals surface area contributed by atoms with Gasteiger partial charge in [0.25, 0.3) is 5.91 Å². The van der Waals surface area contributed by atoms with Gasteiger partial charge >= 0.3 is 0 Å². The number of anilines is 1. The van der Waals surface area contributed by atoms with Gasteiger partial charge in [0.05, 0.1) is 12.8 Å². The first-order chi connectivity index (χ1) is 11.5. The normalized spacial score (nSPS) is 10.7. The fourth-order valence-corrected chi connectivity index (χ4v) is 3.17. The van der Waals surface area contributed by atoms with E-state index in [0.29, 0.717) is 16.6 Å². The minimum atomic E-state index is -0.290. The van der Waals surface area contributed by atoms with Gasteiger partial charge in [-0.05, 0) is 32.0 Å². The van der Waals surface area contributed by atoms with E-state index >= 15 is 0 Å². The summed E-state index contributed by atoms with van der Waals surface area (Å²) in [7, 11) is 3.51. The molecule has 1 N–H and O–H groups in total. The van der Waals surface area contributed by atoms with E-state index in [-0.39, 0.29) is 5.91 Å². The number of nitrogens with zero attached hydrogens (tertiary/aromatic N) is 3. The van der Waals surface area contributed by atoms with Crippen LogP contribution in [0, 0.1) is 13.8 Å². The summed E-state index contributed by atoms with van der Waals surface area (Å²) in [4.78, 5) is 21.0. The number of thiazole rings is 1. The van der Waals surface area contributed by atoms with Crippen LogP contribution in [0.15, 0.2) is 29.8 Å². The first kappa shape index (κ1) is 16.2. The number of carbonyl (C=O) groups excluding carboxylic acids is 1. The number of aromatic nitrogens is 3. The van der Waals surface area contributed by atoms with E-state index in [9.17, 15) is 4.79 Å². The molecule has 0 fully saturated rings. The predicted molar refractivity (Wildman–Crippen MR) is 94.7 cm³/mol. The summed E-state index contributed by atoms with van der Waals surface area (Å²) >= 11 is 1.39. The van der Waals surface area contributed by atoms with Crippen LogP contribution in [0.2, 0.25) is 0 Å². The van der Waals surface area contributed by atoms with Gasteiger partial charge in [0, 0.05) is 35.6 Å². The Kier molecular flexibility index (Phi) is 4.35. The Balaban J connectivity index is 1.84. The number of rotatable bonds is 4. The molecule has 7 heteroatoms. The second kappa shape index (κ2) is 6.45. The Labute approximate surface area is 144 Å². The molecule has 1 amide bonds. The maximum absolute atomic E-state index is 12.4. The summed E-state index contributed by atoms with van der Waals surface area (Å²) in [5, 5.41) is 5.29. The molecular formula is C17H18N4O2S. The highest BCUT2D eigenvalue weighted by Crippen LogP contribution is 2.29. The summed E-state index contributed by atoms with van der Waals surface area (Å²) in [5.41, 5.74) is 4.62. The first-order valence-corrected chi connectivity index (χ1v) is 8.28. The Morgan fingerprint density at radius 1 is 1.38 bits per heavy atom. The number of ether oxygens (including phenoxy) is 1. The lowest BCUT2D eigenvalue weighted by atomic mass is 10.2. The van der Waals surface area contributed by atoms with Crippen LogP contribution in [-0.4, -0.2) is 27.6 Å². The molecule has 0 radical (unpaired) electrons. The molecule has 0 atom stereocenters. The lowest BCUT2D eigenvalue weighted by Crippen LogP contribution is -2.13. The van der Waals surface area contributed by atoms with Crippen molar-refractivity contribution in [2.45, 2.75) is 13.8 Å². The summed E-state index contributed by atoms with van der Waals surface area (Å²) in [6.07, 6.45) is 1.58. The van der Waals surface area contributed by atoms with Gasteiger partial charge in [0.15, 0.2) is 5.13 Å². The number of methoxy groups -OCH3 is 1. The standard InChI is InChI=1S/C17H18N4O2S/c1-10-8-13(11(2)21(10)3)14-9-24-17(19-14)20-15(22)12-6-5-7-18-16(12)23-4/h5-9H,1-4H3,(H,19,20,22). The van der Waals surface area contributed by atoms with Crippen LogP contribution < -0.4 is 10.1 Å².